The molecule has 0 aliphatic rings. The van der Waals surface area contributed by atoms with Gasteiger partial charge in [0, 0.05) is 4.47 Å². The zero-order valence-electron chi connectivity index (χ0n) is 10.6. The Morgan fingerprint density at radius 3 is 2.67 bits per heavy atom. The van der Waals surface area contributed by atoms with E-state index in [1.54, 1.807) is 26.8 Å². The number of ether oxygens (including phenoxy) is 2. The Bertz CT molecular complexity index is 427. The molecule has 100 valence electrons. The molecule has 0 aliphatic heterocycles. The van der Waals surface area contributed by atoms with E-state index in [1.807, 2.05) is 0 Å². The molecular formula is C13H16BrFO3. The summed E-state index contributed by atoms with van der Waals surface area (Å²) in [7, 11) is 0. The van der Waals surface area contributed by atoms with Gasteiger partial charge in [-0.25, -0.2) is 4.39 Å². The fourth-order valence-corrected chi connectivity index (χ4v) is 1.56. The van der Waals surface area contributed by atoms with E-state index in [0.717, 1.165) is 4.47 Å². The molecule has 0 aliphatic carbocycles. The first kappa shape index (κ1) is 15.0. The average molecular weight is 319 g/mol. The van der Waals surface area contributed by atoms with Gasteiger partial charge in [0.25, 0.3) is 0 Å². The Morgan fingerprint density at radius 1 is 1.39 bits per heavy atom. The second kappa shape index (κ2) is 6.18. The average Bonchev–Trinajstić information content (AvgIpc) is 2.20. The van der Waals surface area contributed by atoms with Crippen LogP contribution in [0.1, 0.15) is 27.2 Å². The zero-order chi connectivity index (χ0) is 13.8. The lowest BCUT2D eigenvalue weighted by molar-refractivity contribution is -0.155. The van der Waals surface area contributed by atoms with Gasteiger partial charge in [0.2, 0.25) is 0 Å². The third kappa shape index (κ3) is 5.49. The standard InChI is InChI=1S/C13H16BrFO3/c1-13(2,3)18-12(16)6-7-17-11-8-9(14)4-5-10(11)15/h4-5,8H,6-7H2,1-3H3. The van der Waals surface area contributed by atoms with Crippen molar-refractivity contribution >= 4 is 21.9 Å². The summed E-state index contributed by atoms with van der Waals surface area (Å²) in [6.45, 7) is 5.46. The van der Waals surface area contributed by atoms with Crippen LogP contribution in [-0.2, 0) is 9.53 Å². The van der Waals surface area contributed by atoms with Gasteiger partial charge in [0.05, 0.1) is 13.0 Å². The minimum Gasteiger partial charge on any atom is -0.490 e. The summed E-state index contributed by atoms with van der Waals surface area (Å²) in [4.78, 5) is 11.4. The highest BCUT2D eigenvalue weighted by Crippen LogP contribution is 2.22. The van der Waals surface area contributed by atoms with Crippen LogP contribution in [0.25, 0.3) is 0 Å². The van der Waals surface area contributed by atoms with E-state index in [1.165, 1.54) is 12.1 Å². The van der Waals surface area contributed by atoms with E-state index in [-0.39, 0.29) is 24.7 Å². The van der Waals surface area contributed by atoms with Crippen molar-refractivity contribution in [2.45, 2.75) is 32.8 Å². The summed E-state index contributed by atoms with van der Waals surface area (Å²) < 4.78 is 24.3. The normalized spacial score (nSPS) is 11.2. The topological polar surface area (TPSA) is 35.5 Å². The van der Waals surface area contributed by atoms with Crippen LogP contribution in [0.5, 0.6) is 5.75 Å². The smallest absolute Gasteiger partial charge is 0.309 e. The van der Waals surface area contributed by atoms with E-state index in [4.69, 9.17) is 9.47 Å². The summed E-state index contributed by atoms with van der Waals surface area (Å²) in [5.74, 6) is -0.701. The van der Waals surface area contributed by atoms with Gasteiger partial charge in [0.15, 0.2) is 11.6 Å². The van der Waals surface area contributed by atoms with Gasteiger partial charge in [-0.1, -0.05) is 15.9 Å². The number of esters is 1. The highest BCUT2D eigenvalue weighted by molar-refractivity contribution is 9.10. The van der Waals surface area contributed by atoms with Crippen LogP contribution in [0.2, 0.25) is 0 Å². The summed E-state index contributed by atoms with van der Waals surface area (Å²) in [6.07, 6.45) is 0.0865. The van der Waals surface area contributed by atoms with Crippen LogP contribution in [0.3, 0.4) is 0 Å². The predicted octanol–water partition coefficient (Wildman–Crippen LogP) is 3.70. The first-order valence-electron chi connectivity index (χ1n) is 5.57. The predicted molar refractivity (Wildman–Crippen MR) is 70.1 cm³/mol. The van der Waals surface area contributed by atoms with Gasteiger partial charge in [-0.15, -0.1) is 0 Å². The fourth-order valence-electron chi connectivity index (χ4n) is 1.22. The van der Waals surface area contributed by atoms with Crippen molar-refractivity contribution in [3.8, 4) is 5.75 Å². The second-order valence-corrected chi connectivity index (χ2v) is 5.68. The van der Waals surface area contributed by atoms with E-state index in [0.29, 0.717) is 0 Å². The molecule has 1 rings (SSSR count). The Labute approximate surface area is 114 Å². The maximum Gasteiger partial charge on any atom is 0.309 e. The number of benzene rings is 1. The Kier molecular flexibility index (Phi) is 5.14. The van der Waals surface area contributed by atoms with Crippen molar-refractivity contribution in [3.05, 3.63) is 28.5 Å². The van der Waals surface area contributed by atoms with Crippen LogP contribution >= 0.6 is 15.9 Å². The lowest BCUT2D eigenvalue weighted by Crippen LogP contribution is -2.24. The Morgan fingerprint density at radius 2 is 2.06 bits per heavy atom. The molecule has 0 radical (unpaired) electrons. The molecule has 0 saturated carbocycles. The molecule has 5 heteroatoms. The molecule has 0 heterocycles. The first-order valence-corrected chi connectivity index (χ1v) is 6.37. The van der Waals surface area contributed by atoms with Gasteiger partial charge in [-0.2, -0.15) is 0 Å². The Hall–Kier alpha value is -1.10. The first-order chi connectivity index (χ1) is 8.28. The number of rotatable bonds is 4. The van der Waals surface area contributed by atoms with Gasteiger partial charge in [0.1, 0.15) is 5.60 Å². The minimum atomic E-state index is -0.516. The number of carbonyl (C=O) groups is 1. The van der Waals surface area contributed by atoms with E-state index in [2.05, 4.69) is 15.9 Å². The van der Waals surface area contributed by atoms with Crippen LogP contribution in [-0.4, -0.2) is 18.2 Å². The van der Waals surface area contributed by atoms with Gasteiger partial charge < -0.3 is 9.47 Å². The highest BCUT2D eigenvalue weighted by Gasteiger charge is 2.16. The number of halogens is 2. The van der Waals surface area contributed by atoms with Crippen molar-refractivity contribution < 1.29 is 18.7 Å². The van der Waals surface area contributed by atoms with Gasteiger partial charge >= 0.3 is 5.97 Å². The second-order valence-electron chi connectivity index (χ2n) is 4.76. The van der Waals surface area contributed by atoms with Crippen molar-refractivity contribution in [1.29, 1.82) is 0 Å². The van der Waals surface area contributed by atoms with Gasteiger partial charge in [-0.05, 0) is 39.0 Å². The lowest BCUT2D eigenvalue weighted by Gasteiger charge is -2.19. The minimum absolute atomic E-state index is 0.0856. The van der Waals surface area contributed by atoms with Crippen molar-refractivity contribution in [2.75, 3.05) is 6.61 Å². The molecule has 0 aromatic heterocycles. The van der Waals surface area contributed by atoms with Crippen LogP contribution in [0.4, 0.5) is 4.39 Å². The lowest BCUT2D eigenvalue weighted by atomic mass is 10.2. The van der Waals surface area contributed by atoms with Crippen LogP contribution in [0, 0.1) is 5.82 Å². The van der Waals surface area contributed by atoms with E-state index >= 15 is 0 Å². The number of hydrogen-bond donors (Lipinski definition) is 0. The van der Waals surface area contributed by atoms with Crippen LogP contribution < -0.4 is 4.74 Å². The summed E-state index contributed by atoms with van der Waals surface area (Å²) in [5, 5.41) is 0. The molecule has 1 aromatic carbocycles. The molecule has 0 amide bonds. The fraction of sp³-hybridized carbons (Fsp3) is 0.462. The van der Waals surface area contributed by atoms with Gasteiger partial charge in [-0.3, -0.25) is 4.79 Å². The molecular weight excluding hydrogens is 303 g/mol. The summed E-state index contributed by atoms with van der Waals surface area (Å²) >= 11 is 3.22. The number of carbonyl (C=O) groups excluding carboxylic acids is 1. The van der Waals surface area contributed by atoms with E-state index in [9.17, 15) is 9.18 Å². The molecule has 3 nitrogen and oxygen atoms in total. The molecule has 0 N–H and O–H groups in total. The monoisotopic (exact) mass is 318 g/mol. The summed E-state index contributed by atoms with van der Waals surface area (Å²) in [5.41, 5.74) is -0.516. The molecule has 0 spiro atoms. The summed E-state index contributed by atoms with van der Waals surface area (Å²) in [6, 6.07) is 4.40. The quantitative estimate of drug-likeness (QED) is 0.794. The SMILES string of the molecule is CC(C)(C)OC(=O)CCOc1cc(Br)ccc1F. The molecule has 0 bridgehead atoms. The zero-order valence-corrected chi connectivity index (χ0v) is 12.2. The maximum atomic E-state index is 13.3. The third-order valence-electron chi connectivity index (χ3n) is 1.88. The molecule has 1 aromatic rings. The maximum absolute atomic E-state index is 13.3. The Balaban J connectivity index is 2.42. The highest BCUT2D eigenvalue weighted by atomic mass is 79.9. The van der Waals surface area contributed by atoms with Crippen molar-refractivity contribution in [3.63, 3.8) is 0 Å². The third-order valence-corrected chi connectivity index (χ3v) is 2.37. The molecule has 0 unspecified atom stereocenters. The molecule has 0 saturated heterocycles. The number of hydrogen-bond acceptors (Lipinski definition) is 3. The van der Waals surface area contributed by atoms with Crippen molar-refractivity contribution in [2.24, 2.45) is 0 Å². The van der Waals surface area contributed by atoms with Crippen molar-refractivity contribution in [1.82, 2.24) is 0 Å². The largest absolute Gasteiger partial charge is 0.490 e. The molecule has 0 atom stereocenters. The van der Waals surface area contributed by atoms with Crippen LogP contribution in [0.15, 0.2) is 22.7 Å². The van der Waals surface area contributed by atoms with E-state index < -0.39 is 11.4 Å². The molecule has 18 heavy (non-hydrogen) atoms. The molecule has 0 fully saturated rings.